The average Bonchev–Trinajstić information content (AvgIpc) is 2.38. The molecule has 1 aromatic carbocycles. The number of rotatable bonds is 9. The maximum absolute atomic E-state index is 9.77. The summed E-state index contributed by atoms with van der Waals surface area (Å²) in [6, 6.07) is 5.16. The lowest BCUT2D eigenvalue weighted by atomic mass is 10.3. The molecule has 0 aromatic heterocycles. The highest BCUT2D eigenvalue weighted by molar-refractivity contribution is 7.98. The van der Waals surface area contributed by atoms with Gasteiger partial charge in [0.2, 0.25) is 0 Å². The van der Waals surface area contributed by atoms with Crippen LogP contribution in [0.4, 0.5) is 0 Å². The fraction of sp³-hybridized carbons (Fsp3) is 0.538. The van der Waals surface area contributed by atoms with Gasteiger partial charge >= 0.3 is 0 Å². The molecule has 0 heterocycles. The van der Waals surface area contributed by atoms with E-state index in [0.717, 1.165) is 18.7 Å². The fourth-order valence-electron chi connectivity index (χ4n) is 1.47. The van der Waals surface area contributed by atoms with Crippen LogP contribution in [0.2, 0.25) is 10.0 Å². The van der Waals surface area contributed by atoms with E-state index in [2.05, 4.69) is 11.6 Å². The molecule has 6 heteroatoms. The number of thioether (sulfide) groups is 1. The molecule has 3 nitrogen and oxygen atoms in total. The monoisotopic (exact) mass is 323 g/mol. The number of aliphatic hydroxyl groups is 1. The van der Waals surface area contributed by atoms with Crippen molar-refractivity contribution in [2.24, 2.45) is 0 Å². The van der Waals surface area contributed by atoms with Crippen molar-refractivity contribution < 1.29 is 9.84 Å². The zero-order valence-corrected chi connectivity index (χ0v) is 13.2. The summed E-state index contributed by atoms with van der Waals surface area (Å²) in [5.74, 6) is 1.54. The highest BCUT2D eigenvalue weighted by Crippen LogP contribution is 2.32. The predicted octanol–water partition coefficient (Wildman–Crippen LogP) is 3.08. The normalized spacial score (nSPS) is 12.4. The Morgan fingerprint density at radius 3 is 2.68 bits per heavy atom. The molecule has 1 unspecified atom stereocenters. The van der Waals surface area contributed by atoms with Gasteiger partial charge in [0.25, 0.3) is 0 Å². The summed E-state index contributed by atoms with van der Waals surface area (Å²) < 4.78 is 5.45. The number of hydrogen-bond acceptors (Lipinski definition) is 4. The van der Waals surface area contributed by atoms with Crippen LogP contribution in [0.3, 0.4) is 0 Å². The molecule has 0 aliphatic carbocycles. The van der Waals surface area contributed by atoms with E-state index >= 15 is 0 Å². The third-order valence-electron chi connectivity index (χ3n) is 2.42. The molecule has 0 amide bonds. The molecule has 0 radical (unpaired) electrons. The summed E-state index contributed by atoms with van der Waals surface area (Å²) in [5.41, 5.74) is 0. The van der Waals surface area contributed by atoms with Gasteiger partial charge in [-0.2, -0.15) is 11.8 Å². The lowest BCUT2D eigenvalue weighted by Gasteiger charge is -2.14. The van der Waals surface area contributed by atoms with E-state index in [1.54, 1.807) is 18.2 Å². The smallest absolute Gasteiger partial charge is 0.156 e. The molecule has 19 heavy (non-hydrogen) atoms. The first-order valence-corrected chi connectivity index (χ1v) is 8.24. The third-order valence-corrected chi connectivity index (χ3v) is 3.71. The first-order chi connectivity index (χ1) is 9.15. The van der Waals surface area contributed by atoms with Crippen molar-refractivity contribution in [3.8, 4) is 5.75 Å². The Morgan fingerprint density at radius 2 is 2.05 bits per heavy atom. The summed E-state index contributed by atoms with van der Waals surface area (Å²) in [6.07, 6.45) is 2.59. The zero-order valence-electron chi connectivity index (χ0n) is 10.9. The molecule has 0 saturated heterocycles. The molecule has 2 N–H and O–H groups in total. The SMILES string of the molecule is CSCCCNCC(O)COc1c(Cl)cccc1Cl. The standard InChI is InChI=1S/C13H19Cl2NO2S/c1-19-7-3-6-16-8-10(17)9-18-13-11(14)4-2-5-12(13)15/h2,4-5,10,16-17H,3,6-9H2,1H3. The van der Waals surface area contributed by atoms with Gasteiger partial charge in [-0.05, 0) is 37.1 Å². The molecule has 0 aliphatic heterocycles. The van der Waals surface area contributed by atoms with Crippen LogP contribution in [0.1, 0.15) is 6.42 Å². The van der Waals surface area contributed by atoms with Gasteiger partial charge in [-0.25, -0.2) is 0 Å². The number of halogens is 2. The second-order valence-corrected chi connectivity index (χ2v) is 5.87. The number of benzene rings is 1. The Bertz CT molecular complexity index is 359. The molecule has 108 valence electrons. The lowest BCUT2D eigenvalue weighted by molar-refractivity contribution is 0.107. The lowest BCUT2D eigenvalue weighted by Crippen LogP contribution is -2.32. The first kappa shape index (κ1) is 16.9. The first-order valence-electron chi connectivity index (χ1n) is 6.09. The molecule has 0 aliphatic rings. The second kappa shape index (κ2) is 9.72. The Labute approximate surface area is 128 Å². The topological polar surface area (TPSA) is 41.5 Å². The van der Waals surface area contributed by atoms with Gasteiger partial charge in [0.1, 0.15) is 12.7 Å². The van der Waals surface area contributed by atoms with Crippen LogP contribution in [0.25, 0.3) is 0 Å². The van der Waals surface area contributed by atoms with Gasteiger partial charge in [0, 0.05) is 6.54 Å². The average molecular weight is 324 g/mol. The van der Waals surface area contributed by atoms with Gasteiger partial charge in [0.15, 0.2) is 5.75 Å². The van der Waals surface area contributed by atoms with E-state index in [1.807, 2.05) is 11.8 Å². The van der Waals surface area contributed by atoms with Crippen LogP contribution < -0.4 is 10.1 Å². The van der Waals surface area contributed by atoms with Gasteiger partial charge in [-0.1, -0.05) is 29.3 Å². The van der Waals surface area contributed by atoms with Crippen molar-refractivity contribution >= 4 is 35.0 Å². The van der Waals surface area contributed by atoms with Crippen LogP contribution in [-0.4, -0.2) is 42.9 Å². The minimum absolute atomic E-state index is 0.166. The molecule has 0 bridgehead atoms. The molecule has 0 saturated carbocycles. The number of nitrogens with one attached hydrogen (secondary N) is 1. The number of hydrogen-bond donors (Lipinski definition) is 2. The molecule has 0 spiro atoms. The van der Waals surface area contributed by atoms with Crippen molar-refractivity contribution in [1.82, 2.24) is 5.32 Å². The third kappa shape index (κ3) is 6.72. The Hall–Kier alpha value is -0.130. The van der Waals surface area contributed by atoms with E-state index in [9.17, 15) is 5.11 Å². The van der Waals surface area contributed by atoms with Crippen LogP contribution in [0.5, 0.6) is 5.75 Å². The molecule has 1 atom stereocenters. The van der Waals surface area contributed by atoms with Crippen molar-refractivity contribution in [3.05, 3.63) is 28.2 Å². The fourth-order valence-corrected chi connectivity index (χ4v) is 2.41. The maximum atomic E-state index is 9.77. The highest BCUT2D eigenvalue weighted by Gasteiger charge is 2.10. The summed E-state index contributed by atoms with van der Waals surface area (Å²) >= 11 is 13.7. The number of ether oxygens (including phenoxy) is 1. The van der Waals surface area contributed by atoms with E-state index in [-0.39, 0.29) is 6.61 Å². The van der Waals surface area contributed by atoms with Gasteiger partial charge in [-0.3, -0.25) is 0 Å². The Balaban J connectivity index is 2.24. The minimum atomic E-state index is -0.582. The number of para-hydroxylation sites is 1. The quantitative estimate of drug-likeness (QED) is 0.685. The second-order valence-electron chi connectivity index (χ2n) is 4.07. The van der Waals surface area contributed by atoms with Crippen molar-refractivity contribution in [1.29, 1.82) is 0 Å². The predicted molar refractivity (Wildman–Crippen MR) is 83.8 cm³/mol. The van der Waals surface area contributed by atoms with Crippen LogP contribution in [0, 0.1) is 0 Å². The van der Waals surface area contributed by atoms with E-state index in [1.165, 1.54) is 0 Å². The van der Waals surface area contributed by atoms with Crippen molar-refractivity contribution in [2.75, 3.05) is 31.7 Å². The van der Waals surface area contributed by atoms with E-state index < -0.39 is 6.10 Å². The molecule has 0 fully saturated rings. The summed E-state index contributed by atoms with van der Waals surface area (Å²) in [7, 11) is 0. The Kier molecular flexibility index (Phi) is 8.66. The number of aliphatic hydroxyl groups excluding tert-OH is 1. The zero-order chi connectivity index (χ0) is 14.1. The molecular formula is C13H19Cl2NO2S. The van der Waals surface area contributed by atoms with Crippen LogP contribution >= 0.6 is 35.0 Å². The van der Waals surface area contributed by atoms with Crippen LogP contribution in [-0.2, 0) is 0 Å². The minimum Gasteiger partial charge on any atom is -0.488 e. The summed E-state index contributed by atoms with van der Waals surface area (Å²) in [5, 5.41) is 13.8. The van der Waals surface area contributed by atoms with E-state index in [0.29, 0.717) is 22.3 Å². The summed E-state index contributed by atoms with van der Waals surface area (Å²) in [4.78, 5) is 0. The van der Waals surface area contributed by atoms with Crippen molar-refractivity contribution in [3.63, 3.8) is 0 Å². The van der Waals surface area contributed by atoms with Crippen molar-refractivity contribution in [2.45, 2.75) is 12.5 Å². The maximum Gasteiger partial charge on any atom is 0.156 e. The molecule has 1 aromatic rings. The van der Waals surface area contributed by atoms with Crippen LogP contribution in [0.15, 0.2) is 18.2 Å². The molecular weight excluding hydrogens is 305 g/mol. The van der Waals surface area contributed by atoms with Gasteiger partial charge < -0.3 is 15.2 Å². The molecule has 1 rings (SSSR count). The van der Waals surface area contributed by atoms with Gasteiger partial charge in [0.05, 0.1) is 10.0 Å². The largest absolute Gasteiger partial charge is 0.488 e. The Morgan fingerprint density at radius 1 is 1.37 bits per heavy atom. The van der Waals surface area contributed by atoms with Gasteiger partial charge in [-0.15, -0.1) is 0 Å². The highest BCUT2D eigenvalue weighted by atomic mass is 35.5. The van der Waals surface area contributed by atoms with E-state index in [4.69, 9.17) is 27.9 Å². The summed E-state index contributed by atoms with van der Waals surface area (Å²) in [6.45, 7) is 1.56.